The summed E-state index contributed by atoms with van der Waals surface area (Å²) in [6.07, 6.45) is 2.74. The Labute approximate surface area is 209 Å². The molecule has 0 bridgehead atoms. The Hall–Kier alpha value is -3.64. The second kappa shape index (κ2) is 11.2. The normalized spacial score (nSPS) is 11.6. The fraction of sp³-hybridized carbons (Fsp3) is 0.207. The maximum absolute atomic E-state index is 13.0. The molecule has 0 saturated heterocycles. The molecule has 0 unspecified atom stereocenters. The number of oxime groups is 1. The standard InChI is InChI=1S/C29H27NO4S/c1-4-5-9-26(30-34-20(3)31)21-11-15-23(16-12-21)35-24-17-13-22(14-18-24)28(32)29-19(2)25-8-6-7-10-27(25)33-29/h6-8,10-18H,4-5,9H2,1-3H3. The highest BCUT2D eigenvalue weighted by Crippen LogP contribution is 2.30. The van der Waals surface area contributed by atoms with Crippen LogP contribution in [-0.4, -0.2) is 17.5 Å². The van der Waals surface area contributed by atoms with Crippen molar-refractivity contribution in [3.8, 4) is 0 Å². The number of para-hydroxylation sites is 1. The number of furan rings is 1. The number of unbranched alkanes of at least 4 members (excludes halogenated alkanes) is 1. The monoisotopic (exact) mass is 485 g/mol. The van der Waals surface area contributed by atoms with Gasteiger partial charge in [-0.05, 0) is 67.8 Å². The van der Waals surface area contributed by atoms with Gasteiger partial charge in [0.15, 0.2) is 5.76 Å². The summed E-state index contributed by atoms with van der Waals surface area (Å²) in [5.41, 5.74) is 3.88. The van der Waals surface area contributed by atoms with Crippen molar-refractivity contribution in [3.05, 3.63) is 95.2 Å². The Morgan fingerprint density at radius 1 is 0.914 bits per heavy atom. The lowest BCUT2D eigenvalue weighted by Crippen LogP contribution is -2.04. The number of carbonyl (C=O) groups excluding carboxylic acids is 2. The van der Waals surface area contributed by atoms with Crippen LogP contribution in [0.4, 0.5) is 0 Å². The van der Waals surface area contributed by atoms with Crippen LogP contribution in [0.5, 0.6) is 0 Å². The first-order valence-electron chi connectivity index (χ1n) is 11.6. The third-order valence-corrected chi connectivity index (χ3v) is 6.66. The molecule has 178 valence electrons. The third-order valence-electron chi connectivity index (χ3n) is 5.64. The van der Waals surface area contributed by atoms with E-state index in [1.54, 1.807) is 11.8 Å². The van der Waals surface area contributed by atoms with Crippen molar-refractivity contribution in [2.45, 2.75) is 49.8 Å². The molecule has 0 saturated carbocycles. The van der Waals surface area contributed by atoms with Crippen LogP contribution in [0, 0.1) is 6.92 Å². The quantitative estimate of drug-likeness (QED) is 0.106. The molecule has 0 atom stereocenters. The summed E-state index contributed by atoms with van der Waals surface area (Å²) in [5, 5.41) is 5.00. The highest BCUT2D eigenvalue weighted by molar-refractivity contribution is 7.99. The van der Waals surface area contributed by atoms with Gasteiger partial charge in [0.2, 0.25) is 5.78 Å². The lowest BCUT2D eigenvalue weighted by atomic mass is 10.1. The van der Waals surface area contributed by atoms with Gasteiger partial charge in [0.25, 0.3) is 0 Å². The molecule has 0 aliphatic rings. The number of ketones is 1. The second-order valence-electron chi connectivity index (χ2n) is 8.26. The number of hydrogen-bond acceptors (Lipinski definition) is 6. The van der Waals surface area contributed by atoms with E-state index in [0.29, 0.717) is 11.3 Å². The minimum absolute atomic E-state index is 0.119. The van der Waals surface area contributed by atoms with Gasteiger partial charge in [0.05, 0.1) is 5.71 Å². The molecule has 1 aromatic heterocycles. The fourth-order valence-corrected chi connectivity index (χ4v) is 4.57. The van der Waals surface area contributed by atoms with Gasteiger partial charge in [0.1, 0.15) is 5.58 Å². The van der Waals surface area contributed by atoms with Crippen molar-refractivity contribution in [1.82, 2.24) is 0 Å². The topological polar surface area (TPSA) is 68.9 Å². The molecule has 0 aliphatic carbocycles. The minimum atomic E-state index is -0.427. The van der Waals surface area contributed by atoms with Crippen LogP contribution in [0.3, 0.4) is 0 Å². The van der Waals surface area contributed by atoms with Gasteiger partial charge in [0, 0.05) is 33.2 Å². The van der Waals surface area contributed by atoms with Gasteiger partial charge in [-0.3, -0.25) is 4.79 Å². The molecular weight excluding hydrogens is 458 g/mol. The van der Waals surface area contributed by atoms with Crippen molar-refractivity contribution >= 4 is 40.2 Å². The highest BCUT2D eigenvalue weighted by Gasteiger charge is 2.19. The predicted octanol–water partition coefficient (Wildman–Crippen LogP) is 7.58. The first-order valence-corrected chi connectivity index (χ1v) is 12.4. The summed E-state index contributed by atoms with van der Waals surface area (Å²) in [4.78, 5) is 31.2. The fourth-order valence-electron chi connectivity index (χ4n) is 3.75. The number of benzene rings is 3. The Balaban J connectivity index is 1.46. The second-order valence-corrected chi connectivity index (χ2v) is 9.40. The molecule has 0 aliphatic heterocycles. The van der Waals surface area contributed by atoms with Gasteiger partial charge in [-0.1, -0.05) is 60.6 Å². The largest absolute Gasteiger partial charge is 0.452 e. The zero-order valence-electron chi connectivity index (χ0n) is 20.0. The Bertz CT molecular complexity index is 1370. The van der Waals surface area contributed by atoms with Gasteiger partial charge in [-0.2, -0.15) is 0 Å². The first-order chi connectivity index (χ1) is 17.0. The van der Waals surface area contributed by atoms with Crippen LogP contribution in [-0.2, 0) is 9.63 Å². The highest BCUT2D eigenvalue weighted by atomic mass is 32.2. The van der Waals surface area contributed by atoms with Crippen LogP contribution < -0.4 is 0 Å². The molecule has 0 amide bonds. The molecule has 0 fully saturated rings. The van der Waals surface area contributed by atoms with E-state index in [4.69, 9.17) is 9.25 Å². The van der Waals surface area contributed by atoms with Crippen molar-refractivity contribution in [2.75, 3.05) is 0 Å². The van der Waals surface area contributed by atoms with Gasteiger partial charge >= 0.3 is 5.97 Å². The van der Waals surface area contributed by atoms with E-state index in [1.165, 1.54) is 6.92 Å². The van der Waals surface area contributed by atoms with Gasteiger partial charge in [-0.25, -0.2) is 4.79 Å². The summed E-state index contributed by atoms with van der Waals surface area (Å²) in [6, 6.07) is 23.2. The summed E-state index contributed by atoms with van der Waals surface area (Å²) in [6.45, 7) is 5.37. The first kappa shape index (κ1) is 24.5. The molecule has 1 heterocycles. The molecular formula is C29H27NO4S. The van der Waals surface area contributed by atoms with E-state index >= 15 is 0 Å². The number of fused-ring (bicyclic) bond motifs is 1. The molecule has 0 N–H and O–H groups in total. The summed E-state index contributed by atoms with van der Waals surface area (Å²) >= 11 is 1.61. The zero-order chi connectivity index (χ0) is 24.8. The molecule has 5 nitrogen and oxygen atoms in total. The van der Waals surface area contributed by atoms with E-state index in [0.717, 1.165) is 56.9 Å². The van der Waals surface area contributed by atoms with Crippen molar-refractivity contribution in [3.63, 3.8) is 0 Å². The van der Waals surface area contributed by atoms with Gasteiger partial charge < -0.3 is 9.25 Å². The molecule has 6 heteroatoms. The summed E-state index contributed by atoms with van der Waals surface area (Å²) in [5.74, 6) is -0.161. The molecule has 0 spiro atoms. The smallest absolute Gasteiger partial charge is 0.331 e. The van der Waals surface area contributed by atoms with Crippen LogP contribution in [0.25, 0.3) is 11.0 Å². The SMILES string of the molecule is CCCCC(=NOC(C)=O)c1ccc(Sc2ccc(C(=O)c3oc4ccccc4c3C)cc2)cc1. The average molecular weight is 486 g/mol. The van der Waals surface area contributed by atoms with Crippen LogP contribution in [0.1, 0.15) is 60.4 Å². The van der Waals surface area contributed by atoms with E-state index in [9.17, 15) is 9.59 Å². The number of aryl methyl sites for hydroxylation is 1. The van der Waals surface area contributed by atoms with Crippen LogP contribution in [0.15, 0.2) is 92.2 Å². The molecule has 4 rings (SSSR count). The van der Waals surface area contributed by atoms with Crippen molar-refractivity contribution in [1.29, 1.82) is 0 Å². The number of hydrogen-bond donors (Lipinski definition) is 0. The van der Waals surface area contributed by atoms with Crippen molar-refractivity contribution in [2.24, 2.45) is 5.16 Å². The van der Waals surface area contributed by atoms with E-state index in [1.807, 2.05) is 79.7 Å². The van der Waals surface area contributed by atoms with Gasteiger partial charge in [-0.15, -0.1) is 0 Å². The minimum Gasteiger partial charge on any atom is -0.452 e. The molecule has 35 heavy (non-hydrogen) atoms. The van der Waals surface area contributed by atoms with E-state index < -0.39 is 5.97 Å². The Morgan fingerprint density at radius 2 is 1.54 bits per heavy atom. The molecule has 3 aromatic carbocycles. The molecule has 0 radical (unpaired) electrons. The Kier molecular flexibility index (Phi) is 7.83. The molecule has 4 aromatic rings. The number of rotatable bonds is 9. The Morgan fingerprint density at radius 3 is 2.14 bits per heavy atom. The van der Waals surface area contributed by atoms with Crippen molar-refractivity contribution < 1.29 is 18.8 Å². The lowest BCUT2D eigenvalue weighted by Gasteiger charge is -2.07. The maximum atomic E-state index is 13.0. The predicted molar refractivity (Wildman–Crippen MR) is 139 cm³/mol. The number of nitrogens with zero attached hydrogens (tertiary/aromatic N) is 1. The third kappa shape index (κ3) is 5.89. The van der Waals surface area contributed by atoms with E-state index in [2.05, 4.69) is 12.1 Å². The summed E-state index contributed by atoms with van der Waals surface area (Å²) in [7, 11) is 0. The van der Waals surface area contributed by atoms with Crippen LogP contribution >= 0.6 is 11.8 Å². The summed E-state index contributed by atoms with van der Waals surface area (Å²) < 4.78 is 5.83. The zero-order valence-corrected chi connectivity index (χ0v) is 20.9. The average Bonchev–Trinajstić information content (AvgIpc) is 3.21. The van der Waals surface area contributed by atoms with Crippen LogP contribution in [0.2, 0.25) is 0 Å². The van der Waals surface area contributed by atoms with E-state index in [-0.39, 0.29) is 5.78 Å². The maximum Gasteiger partial charge on any atom is 0.331 e. The lowest BCUT2D eigenvalue weighted by molar-refractivity contribution is -0.140. The number of carbonyl (C=O) groups is 2.